The highest BCUT2D eigenvalue weighted by Gasteiger charge is 2.29. The Balaban J connectivity index is 2.02. The third-order valence-corrected chi connectivity index (χ3v) is 3.00. The van der Waals surface area contributed by atoms with E-state index in [1.54, 1.807) is 13.3 Å². The molecule has 5 heteroatoms. The van der Waals surface area contributed by atoms with Crippen LogP contribution in [0.2, 0.25) is 0 Å². The molecule has 1 aliphatic rings. The summed E-state index contributed by atoms with van der Waals surface area (Å²) in [6, 6.07) is 3.77. The van der Waals surface area contributed by atoms with Crippen LogP contribution in [0.4, 0.5) is 5.82 Å². The first-order chi connectivity index (χ1) is 8.24. The van der Waals surface area contributed by atoms with Crippen LogP contribution in [-0.4, -0.2) is 38.3 Å². The molecule has 5 nitrogen and oxygen atoms in total. The quantitative estimate of drug-likeness (QED) is 0.735. The number of hydrogen-bond donors (Lipinski definition) is 0. The van der Waals surface area contributed by atoms with Gasteiger partial charge in [0, 0.05) is 13.1 Å². The smallest absolute Gasteiger partial charge is 0.310 e. The lowest BCUT2D eigenvalue weighted by Gasteiger charge is -2.17. The van der Waals surface area contributed by atoms with Crippen molar-refractivity contribution in [1.82, 2.24) is 4.98 Å². The van der Waals surface area contributed by atoms with Crippen LogP contribution in [0.3, 0.4) is 0 Å². The summed E-state index contributed by atoms with van der Waals surface area (Å²) in [7, 11) is 3.04. The van der Waals surface area contributed by atoms with Gasteiger partial charge >= 0.3 is 5.97 Å². The second-order valence-electron chi connectivity index (χ2n) is 4.01. The van der Waals surface area contributed by atoms with Gasteiger partial charge in [0.15, 0.2) is 0 Å². The van der Waals surface area contributed by atoms with E-state index in [4.69, 9.17) is 9.47 Å². The minimum atomic E-state index is -0.138. The molecule has 1 aromatic heterocycles. The summed E-state index contributed by atoms with van der Waals surface area (Å²) in [5, 5.41) is 0. The molecule has 17 heavy (non-hydrogen) atoms. The summed E-state index contributed by atoms with van der Waals surface area (Å²) in [4.78, 5) is 17.8. The van der Waals surface area contributed by atoms with Gasteiger partial charge in [0.1, 0.15) is 11.6 Å². The first kappa shape index (κ1) is 11.7. The molecule has 0 N–H and O–H groups in total. The monoisotopic (exact) mass is 236 g/mol. The molecule has 0 aliphatic carbocycles. The normalized spacial score (nSPS) is 19.2. The lowest BCUT2D eigenvalue weighted by Crippen LogP contribution is -2.24. The molecular weight excluding hydrogens is 220 g/mol. The highest BCUT2D eigenvalue weighted by atomic mass is 16.5. The van der Waals surface area contributed by atoms with Gasteiger partial charge in [0.05, 0.1) is 26.3 Å². The predicted octanol–water partition coefficient (Wildman–Crippen LogP) is 1.09. The maximum Gasteiger partial charge on any atom is 0.310 e. The Morgan fingerprint density at radius 2 is 2.29 bits per heavy atom. The van der Waals surface area contributed by atoms with Gasteiger partial charge in [-0.1, -0.05) is 0 Å². The van der Waals surface area contributed by atoms with Gasteiger partial charge in [-0.25, -0.2) is 4.98 Å². The minimum absolute atomic E-state index is 0.0381. The molecule has 0 spiro atoms. The standard InChI is InChI=1S/C12H16N2O3/c1-16-10-3-4-11(13-7-10)14-6-5-9(8-14)12(15)17-2/h3-4,7,9H,5-6,8H2,1-2H3. The van der Waals surface area contributed by atoms with Crippen molar-refractivity contribution in [1.29, 1.82) is 0 Å². The van der Waals surface area contributed by atoms with E-state index in [0.717, 1.165) is 24.5 Å². The molecule has 2 rings (SSSR count). The van der Waals surface area contributed by atoms with E-state index in [-0.39, 0.29) is 11.9 Å². The average molecular weight is 236 g/mol. The van der Waals surface area contributed by atoms with Gasteiger partial charge in [-0.3, -0.25) is 4.79 Å². The van der Waals surface area contributed by atoms with Gasteiger partial charge < -0.3 is 14.4 Å². The van der Waals surface area contributed by atoms with Crippen molar-refractivity contribution in [3.8, 4) is 5.75 Å². The number of methoxy groups -OCH3 is 2. The fourth-order valence-electron chi connectivity index (χ4n) is 2.01. The van der Waals surface area contributed by atoms with Crippen LogP contribution < -0.4 is 9.64 Å². The van der Waals surface area contributed by atoms with Crippen molar-refractivity contribution >= 4 is 11.8 Å². The molecule has 1 atom stereocenters. The highest BCUT2D eigenvalue weighted by molar-refractivity contribution is 5.74. The zero-order valence-electron chi connectivity index (χ0n) is 10.0. The molecule has 1 unspecified atom stereocenters. The molecule has 2 heterocycles. The van der Waals surface area contributed by atoms with Crippen LogP contribution in [0, 0.1) is 5.92 Å². The van der Waals surface area contributed by atoms with Gasteiger partial charge in [-0.15, -0.1) is 0 Å². The van der Waals surface area contributed by atoms with E-state index < -0.39 is 0 Å². The molecule has 92 valence electrons. The maximum atomic E-state index is 11.4. The summed E-state index contributed by atoms with van der Waals surface area (Å²) in [6.07, 6.45) is 2.50. The molecule has 1 aliphatic heterocycles. The Morgan fingerprint density at radius 3 is 2.88 bits per heavy atom. The maximum absolute atomic E-state index is 11.4. The number of hydrogen-bond acceptors (Lipinski definition) is 5. The molecule has 1 saturated heterocycles. The minimum Gasteiger partial charge on any atom is -0.495 e. The molecule has 0 saturated carbocycles. The van der Waals surface area contributed by atoms with Crippen molar-refractivity contribution in [2.24, 2.45) is 5.92 Å². The van der Waals surface area contributed by atoms with Gasteiger partial charge in [-0.2, -0.15) is 0 Å². The van der Waals surface area contributed by atoms with Crippen LogP contribution in [0.25, 0.3) is 0 Å². The van der Waals surface area contributed by atoms with E-state index in [1.807, 2.05) is 12.1 Å². The van der Waals surface area contributed by atoms with Crippen molar-refractivity contribution < 1.29 is 14.3 Å². The van der Waals surface area contributed by atoms with Crippen molar-refractivity contribution in [3.05, 3.63) is 18.3 Å². The Kier molecular flexibility index (Phi) is 3.46. The topological polar surface area (TPSA) is 51.7 Å². The third-order valence-electron chi connectivity index (χ3n) is 3.00. The molecule has 0 radical (unpaired) electrons. The number of carbonyl (C=O) groups excluding carboxylic acids is 1. The zero-order chi connectivity index (χ0) is 12.3. The van der Waals surface area contributed by atoms with Gasteiger partial charge in [-0.05, 0) is 18.6 Å². The van der Waals surface area contributed by atoms with Crippen molar-refractivity contribution in [2.45, 2.75) is 6.42 Å². The van der Waals surface area contributed by atoms with Crippen LogP contribution in [0.5, 0.6) is 5.75 Å². The lowest BCUT2D eigenvalue weighted by atomic mass is 10.1. The SMILES string of the molecule is COC(=O)C1CCN(c2ccc(OC)cn2)C1. The zero-order valence-corrected chi connectivity index (χ0v) is 10.0. The molecule has 1 fully saturated rings. The number of nitrogens with zero attached hydrogens (tertiary/aromatic N) is 2. The molecular formula is C12H16N2O3. The Labute approximate surface area is 100 Å². The van der Waals surface area contributed by atoms with Crippen molar-refractivity contribution in [2.75, 3.05) is 32.2 Å². The Bertz CT molecular complexity index is 391. The number of carbonyl (C=O) groups is 1. The van der Waals surface area contributed by atoms with E-state index in [1.165, 1.54) is 7.11 Å². The molecule has 0 aromatic carbocycles. The fourth-order valence-corrected chi connectivity index (χ4v) is 2.01. The van der Waals surface area contributed by atoms with Gasteiger partial charge in [0.25, 0.3) is 0 Å². The first-order valence-electron chi connectivity index (χ1n) is 5.57. The number of pyridine rings is 1. The summed E-state index contributed by atoms with van der Waals surface area (Å²) in [5.74, 6) is 1.43. The Hall–Kier alpha value is -1.78. The Morgan fingerprint density at radius 1 is 1.47 bits per heavy atom. The predicted molar refractivity (Wildman–Crippen MR) is 63.1 cm³/mol. The average Bonchev–Trinajstić information content (AvgIpc) is 2.87. The number of aromatic nitrogens is 1. The number of ether oxygens (including phenoxy) is 2. The molecule has 1 aromatic rings. The fraction of sp³-hybridized carbons (Fsp3) is 0.500. The van der Waals surface area contributed by atoms with E-state index in [0.29, 0.717) is 6.54 Å². The van der Waals surface area contributed by atoms with E-state index >= 15 is 0 Å². The van der Waals surface area contributed by atoms with Crippen LogP contribution >= 0.6 is 0 Å². The number of anilines is 1. The molecule has 0 bridgehead atoms. The first-order valence-corrected chi connectivity index (χ1v) is 5.57. The van der Waals surface area contributed by atoms with Crippen LogP contribution in [0.15, 0.2) is 18.3 Å². The number of rotatable bonds is 3. The number of esters is 1. The van der Waals surface area contributed by atoms with Crippen LogP contribution in [-0.2, 0) is 9.53 Å². The van der Waals surface area contributed by atoms with Gasteiger partial charge in [0.2, 0.25) is 0 Å². The summed E-state index contributed by atoms with van der Waals surface area (Å²) < 4.78 is 9.80. The summed E-state index contributed by atoms with van der Waals surface area (Å²) >= 11 is 0. The second-order valence-corrected chi connectivity index (χ2v) is 4.01. The molecule has 0 amide bonds. The van der Waals surface area contributed by atoms with Crippen LogP contribution in [0.1, 0.15) is 6.42 Å². The third kappa shape index (κ3) is 2.49. The largest absolute Gasteiger partial charge is 0.495 e. The lowest BCUT2D eigenvalue weighted by molar-refractivity contribution is -0.144. The summed E-state index contributed by atoms with van der Waals surface area (Å²) in [5.41, 5.74) is 0. The van der Waals surface area contributed by atoms with Crippen molar-refractivity contribution in [3.63, 3.8) is 0 Å². The van der Waals surface area contributed by atoms with E-state index in [9.17, 15) is 4.79 Å². The highest BCUT2D eigenvalue weighted by Crippen LogP contribution is 2.23. The van der Waals surface area contributed by atoms with E-state index in [2.05, 4.69) is 9.88 Å². The summed E-state index contributed by atoms with van der Waals surface area (Å²) in [6.45, 7) is 1.51. The second kappa shape index (κ2) is 5.03.